The zero-order valence-electron chi connectivity index (χ0n) is 11.7. The summed E-state index contributed by atoms with van der Waals surface area (Å²) in [6.45, 7) is 8.40. The van der Waals surface area contributed by atoms with Crippen molar-refractivity contribution in [1.29, 1.82) is 5.26 Å². The van der Waals surface area contributed by atoms with E-state index < -0.39 is 0 Å². The van der Waals surface area contributed by atoms with Crippen LogP contribution in [-0.4, -0.2) is 24.6 Å². The lowest BCUT2D eigenvalue weighted by Crippen LogP contribution is -2.32. The van der Waals surface area contributed by atoms with Crippen LogP contribution >= 0.6 is 0 Å². The summed E-state index contributed by atoms with van der Waals surface area (Å²) in [7, 11) is 1.67. The molecule has 0 saturated carbocycles. The largest absolute Gasteiger partial charge is 0.496 e. The molecule has 1 aromatic rings. The van der Waals surface area contributed by atoms with Gasteiger partial charge in [0.2, 0.25) is 0 Å². The first-order valence-electron chi connectivity index (χ1n) is 6.47. The minimum atomic E-state index is 0.533. The van der Waals surface area contributed by atoms with E-state index in [1.54, 1.807) is 13.2 Å². The molecule has 0 aromatic heterocycles. The number of hydrogen-bond acceptors (Lipinski definition) is 3. The third-order valence-corrected chi connectivity index (χ3v) is 3.40. The van der Waals surface area contributed by atoms with Gasteiger partial charge in [-0.25, -0.2) is 0 Å². The molecule has 1 unspecified atom stereocenters. The zero-order valence-corrected chi connectivity index (χ0v) is 11.7. The van der Waals surface area contributed by atoms with Gasteiger partial charge in [-0.15, -0.1) is 0 Å². The van der Waals surface area contributed by atoms with Crippen LogP contribution in [0.15, 0.2) is 18.2 Å². The number of nitrogens with zero attached hydrogens (tertiary/aromatic N) is 2. The second kappa shape index (κ2) is 7.03. The monoisotopic (exact) mass is 246 g/mol. The zero-order chi connectivity index (χ0) is 13.5. The normalized spacial score (nSPS) is 12.2. The highest BCUT2D eigenvalue weighted by molar-refractivity contribution is 5.42. The molecule has 0 fully saturated rings. The van der Waals surface area contributed by atoms with E-state index >= 15 is 0 Å². The summed E-state index contributed by atoms with van der Waals surface area (Å²) in [6, 6.07) is 8.30. The maximum atomic E-state index is 8.97. The first-order chi connectivity index (χ1) is 8.65. The van der Waals surface area contributed by atoms with Crippen LogP contribution in [-0.2, 0) is 6.54 Å². The number of benzene rings is 1. The fourth-order valence-corrected chi connectivity index (χ4v) is 2.03. The lowest BCUT2D eigenvalue weighted by Gasteiger charge is -2.27. The van der Waals surface area contributed by atoms with Crippen molar-refractivity contribution in [2.75, 3.05) is 13.7 Å². The molecule has 1 aromatic carbocycles. The Labute approximate surface area is 110 Å². The number of hydrogen-bond donors (Lipinski definition) is 0. The van der Waals surface area contributed by atoms with E-state index in [2.05, 4.69) is 31.7 Å². The van der Waals surface area contributed by atoms with Gasteiger partial charge < -0.3 is 4.74 Å². The van der Waals surface area contributed by atoms with Crippen molar-refractivity contribution in [3.8, 4) is 11.8 Å². The minimum absolute atomic E-state index is 0.533. The van der Waals surface area contributed by atoms with Crippen LogP contribution in [0.5, 0.6) is 5.75 Å². The fourth-order valence-electron chi connectivity index (χ4n) is 2.03. The summed E-state index contributed by atoms with van der Waals surface area (Å²) in [5.74, 6) is 0.857. The molecule has 3 heteroatoms. The predicted molar refractivity (Wildman–Crippen MR) is 73.5 cm³/mol. The van der Waals surface area contributed by atoms with Crippen LogP contribution in [0.3, 0.4) is 0 Å². The molecule has 0 spiro atoms. The van der Waals surface area contributed by atoms with Crippen LogP contribution in [0, 0.1) is 11.3 Å². The molecule has 0 aliphatic carbocycles. The molecule has 1 rings (SSSR count). The quantitative estimate of drug-likeness (QED) is 0.773. The van der Waals surface area contributed by atoms with Crippen LogP contribution < -0.4 is 4.74 Å². The predicted octanol–water partition coefficient (Wildman–Crippen LogP) is 3.19. The lowest BCUT2D eigenvalue weighted by molar-refractivity contribution is 0.203. The molecule has 0 bridgehead atoms. The molecule has 0 radical (unpaired) electrons. The molecule has 18 heavy (non-hydrogen) atoms. The molecule has 1 atom stereocenters. The Balaban J connectivity index is 2.97. The van der Waals surface area contributed by atoms with Crippen LogP contribution in [0.2, 0.25) is 0 Å². The van der Waals surface area contributed by atoms with Gasteiger partial charge in [-0.1, -0.05) is 13.8 Å². The van der Waals surface area contributed by atoms with E-state index in [-0.39, 0.29) is 0 Å². The lowest BCUT2D eigenvalue weighted by atomic mass is 10.1. The molecule has 0 aliphatic rings. The summed E-state index contributed by atoms with van der Waals surface area (Å²) in [5, 5.41) is 8.97. The van der Waals surface area contributed by atoms with E-state index in [0.717, 1.165) is 30.8 Å². The third kappa shape index (κ3) is 3.48. The average Bonchev–Trinajstić information content (AvgIpc) is 2.43. The van der Waals surface area contributed by atoms with Crippen molar-refractivity contribution in [3.05, 3.63) is 29.3 Å². The molecule has 0 N–H and O–H groups in total. The van der Waals surface area contributed by atoms with Crippen molar-refractivity contribution in [2.45, 2.75) is 39.8 Å². The van der Waals surface area contributed by atoms with Gasteiger partial charge in [0, 0.05) is 18.2 Å². The summed E-state index contributed by atoms with van der Waals surface area (Å²) in [6.07, 6.45) is 1.12. The molecular weight excluding hydrogens is 224 g/mol. The topological polar surface area (TPSA) is 36.3 Å². The van der Waals surface area contributed by atoms with Crippen LogP contribution in [0.1, 0.15) is 38.3 Å². The Morgan fingerprint density at radius 2 is 2.11 bits per heavy atom. The standard InChI is InChI=1S/C15H22N2O/c1-5-12(3)17(6-2)11-14-9-13(10-16)7-8-15(14)18-4/h7-9,12H,5-6,11H2,1-4H3. The maximum absolute atomic E-state index is 8.97. The van der Waals surface area contributed by atoms with E-state index in [9.17, 15) is 0 Å². The second-order valence-electron chi connectivity index (χ2n) is 4.46. The molecule has 3 nitrogen and oxygen atoms in total. The van der Waals surface area contributed by atoms with Crippen molar-refractivity contribution >= 4 is 0 Å². The molecule has 0 heterocycles. The Kier molecular flexibility index (Phi) is 5.67. The van der Waals surface area contributed by atoms with Gasteiger partial charge in [-0.3, -0.25) is 4.90 Å². The van der Waals surface area contributed by atoms with Crippen molar-refractivity contribution in [3.63, 3.8) is 0 Å². The highest BCUT2D eigenvalue weighted by Crippen LogP contribution is 2.22. The van der Waals surface area contributed by atoms with Gasteiger partial charge >= 0.3 is 0 Å². The van der Waals surface area contributed by atoms with Crippen LogP contribution in [0.4, 0.5) is 0 Å². The molecule has 98 valence electrons. The van der Waals surface area contributed by atoms with Gasteiger partial charge in [-0.05, 0) is 38.1 Å². The second-order valence-corrected chi connectivity index (χ2v) is 4.46. The van der Waals surface area contributed by atoms with E-state index in [1.807, 2.05) is 12.1 Å². The summed E-state index contributed by atoms with van der Waals surface area (Å²) < 4.78 is 5.37. The van der Waals surface area contributed by atoms with Gasteiger partial charge in [0.1, 0.15) is 5.75 Å². The molecule has 0 saturated heterocycles. The highest BCUT2D eigenvalue weighted by atomic mass is 16.5. The Morgan fingerprint density at radius 1 is 1.39 bits per heavy atom. The maximum Gasteiger partial charge on any atom is 0.123 e. The first kappa shape index (κ1) is 14.5. The number of rotatable bonds is 6. The Morgan fingerprint density at radius 3 is 2.61 bits per heavy atom. The smallest absolute Gasteiger partial charge is 0.123 e. The molecular formula is C15H22N2O. The fraction of sp³-hybridized carbons (Fsp3) is 0.533. The van der Waals surface area contributed by atoms with Gasteiger partial charge in [-0.2, -0.15) is 5.26 Å². The Bertz CT molecular complexity index is 423. The van der Waals surface area contributed by atoms with Gasteiger partial charge in [0.25, 0.3) is 0 Å². The van der Waals surface area contributed by atoms with Crippen LogP contribution in [0.25, 0.3) is 0 Å². The van der Waals surface area contributed by atoms with Gasteiger partial charge in [0.05, 0.1) is 18.7 Å². The molecule has 0 amide bonds. The summed E-state index contributed by atoms with van der Waals surface area (Å²) in [5.41, 5.74) is 1.77. The summed E-state index contributed by atoms with van der Waals surface area (Å²) >= 11 is 0. The first-order valence-corrected chi connectivity index (χ1v) is 6.47. The van der Waals surface area contributed by atoms with E-state index in [0.29, 0.717) is 11.6 Å². The third-order valence-electron chi connectivity index (χ3n) is 3.40. The van der Waals surface area contributed by atoms with Crippen molar-refractivity contribution < 1.29 is 4.74 Å². The van der Waals surface area contributed by atoms with Crippen molar-refractivity contribution in [1.82, 2.24) is 4.90 Å². The Hall–Kier alpha value is -1.53. The van der Waals surface area contributed by atoms with Gasteiger partial charge in [0.15, 0.2) is 0 Å². The highest BCUT2D eigenvalue weighted by Gasteiger charge is 2.13. The number of methoxy groups -OCH3 is 1. The SMILES string of the molecule is CCC(C)N(CC)Cc1cc(C#N)ccc1OC. The minimum Gasteiger partial charge on any atom is -0.496 e. The van der Waals surface area contributed by atoms with E-state index in [1.165, 1.54) is 0 Å². The summed E-state index contributed by atoms with van der Waals surface area (Å²) in [4.78, 5) is 2.39. The number of ether oxygens (including phenoxy) is 1. The number of nitriles is 1. The van der Waals surface area contributed by atoms with E-state index in [4.69, 9.17) is 10.00 Å². The average molecular weight is 246 g/mol. The molecule has 0 aliphatic heterocycles. The van der Waals surface area contributed by atoms with Crippen molar-refractivity contribution in [2.24, 2.45) is 0 Å².